The third-order valence-corrected chi connectivity index (χ3v) is 20.3. The number of carbonyl (C=O) groups is 6. The summed E-state index contributed by atoms with van der Waals surface area (Å²) < 4.78 is 603. The average molecular weight is 2030 g/mol. The Balaban J connectivity index is 0.000000207. The molecule has 0 bridgehead atoms. The fourth-order valence-corrected chi connectivity index (χ4v) is 13.5. The number of amides is 6. The summed E-state index contributed by atoms with van der Waals surface area (Å²) >= 11 is 0. The first-order chi connectivity index (χ1) is 97.1. The molecule has 0 saturated carbocycles. The maximum absolute atomic E-state index is 12.9. The molecule has 0 unspecified atom stereocenters. The molecule has 756 valence electrons. The van der Waals surface area contributed by atoms with Gasteiger partial charge in [-0.2, -0.15) is 0 Å². The number of hydrogen-bond acceptors (Lipinski definition) is 24. The lowest BCUT2D eigenvalue weighted by Crippen LogP contribution is -2.53. The van der Waals surface area contributed by atoms with E-state index in [-0.39, 0.29) is 144 Å². The molecule has 0 radical (unpaired) electrons. The second-order valence-corrected chi connectivity index (χ2v) is 30.5. The molecule has 0 spiro atoms. The molecule has 42 nitrogen and oxygen atoms in total. The van der Waals surface area contributed by atoms with Crippen LogP contribution in [0.15, 0.2) is 74.1 Å². The van der Waals surface area contributed by atoms with Crippen molar-refractivity contribution in [1.82, 2.24) is 119 Å². The minimum Gasteiger partial charge on any atom is -0.354 e. The lowest BCUT2D eigenvalue weighted by Gasteiger charge is -2.41. The molecule has 42 heteroatoms. The van der Waals surface area contributed by atoms with E-state index in [1.54, 1.807) is 20.8 Å². The van der Waals surface area contributed by atoms with E-state index in [0.717, 1.165) is 16.7 Å². The van der Waals surface area contributed by atoms with Gasteiger partial charge in [0.25, 0.3) is 39.3 Å². The number of likely N-dealkylation sites (N-methyl/N-ethyl adjacent to an activating group) is 6. The van der Waals surface area contributed by atoms with Crippen LogP contribution in [-0.4, -0.2) is 350 Å². The number of likely N-dealkylation sites (tertiary alicyclic amines) is 6. The summed E-state index contributed by atoms with van der Waals surface area (Å²) in [5.41, 5.74) is 0.844. The van der Waals surface area contributed by atoms with Crippen molar-refractivity contribution in [1.29, 1.82) is 0 Å². The van der Waals surface area contributed by atoms with Gasteiger partial charge in [-0.1, -0.05) is 41.3 Å². The zero-order valence-electron chi connectivity index (χ0n) is 150. The lowest BCUT2D eigenvalue weighted by molar-refractivity contribution is -0.131. The molecular formula is C102H132N36O6. The number of anilines is 6. The predicted octanol–water partition coefficient (Wildman–Crippen LogP) is 11.2. The highest BCUT2D eigenvalue weighted by Crippen LogP contribution is 2.38. The van der Waals surface area contributed by atoms with Gasteiger partial charge in [0.15, 0.2) is 0 Å². The smallest absolute Gasteiger partial charge is 0.302 e. The summed E-state index contributed by atoms with van der Waals surface area (Å²) in [6.07, 6.45) is -24.9. The molecule has 12 atom stereocenters. The van der Waals surface area contributed by atoms with E-state index in [9.17, 15) is 32.9 Å². The Hall–Kier alpha value is -15.7. The summed E-state index contributed by atoms with van der Waals surface area (Å²) in [5.74, 6) is -29.3. The second kappa shape index (κ2) is 47.7. The maximum atomic E-state index is 12.9. The van der Waals surface area contributed by atoms with Crippen molar-refractivity contribution in [3.8, 4) is 0 Å². The molecule has 18 rings (SSSR count). The van der Waals surface area contributed by atoms with Crippen LogP contribution in [0.2, 0.25) is 0 Å². The summed E-state index contributed by atoms with van der Waals surface area (Å²) in [5, 5.41) is -1.11. The van der Waals surface area contributed by atoms with Gasteiger partial charge >= 0.3 is 35.4 Å². The van der Waals surface area contributed by atoms with E-state index < -0.39 is 397 Å². The van der Waals surface area contributed by atoms with Crippen LogP contribution in [0.5, 0.6) is 0 Å². The topological polar surface area (TPSA) is 417 Å². The highest BCUT2D eigenvalue weighted by molar-refractivity contribution is 5.94. The number of rotatable bonds is 18. The van der Waals surface area contributed by atoms with E-state index >= 15 is 0 Å². The van der Waals surface area contributed by atoms with Crippen LogP contribution in [0.1, 0.15) is 212 Å². The van der Waals surface area contributed by atoms with Gasteiger partial charge in [-0.05, 0) is 151 Å². The first-order valence-corrected chi connectivity index (χ1v) is 41.7. The Kier molecular flexibility index (Phi) is 15.3. The molecule has 6 amide bonds. The lowest BCUT2D eigenvalue weighted by atomic mass is 9.92. The van der Waals surface area contributed by atoms with Crippen LogP contribution in [0.4, 0.5) is 34.9 Å². The summed E-state index contributed by atoms with van der Waals surface area (Å²) in [4.78, 5) is 157. The van der Waals surface area contributed by atoms with Crippen LogP contribution < -0.4 is 29.4 Å². The predicted molar refractivity (Wildman–Crippen MR) is 556 cm³/mol. The Morgan fingerprint density at radius 1 is 0.319 bits per heavy atom. The molecule has 6 aliphatic heterocycles. The normalized spacial score (nSPS) is 38.0. The number of nitrogens with one attached hydrogen (secondary N) is 6. The highest BCUT2D eigenvalue weighted by Gasteiger charge is 2.41. The fraction of sp³-hybridized carbons (Fsp3) is 0.529. The molecule has 6 fully saturated rings. The van der Waals surface area contributed by atoms with Crippen LogP contribution in [0.3, 0.4) is 0 Å². The molecule has 144 heavy (non-hydrogen) atoms. The molecule has 0 aliphatic carbocycles. The highest BCUT2D eigenvalue weighted by atomic mass is 16.2. The first-order valence-electron chi connectivity index (χ1n) is 77.7. The monoisotopic (exact) mass is 2030 g/mol. The molecule has 6 aliphatic rings. The van der Waals surface area contributed by atoms with E-state index in [1.807, 2.05) is 0 Å². The first kappa shape index (κ1) is 46.1. The number of carbonyl (C=O) groups excluding carboxylic acids is 6. The third-order valence-electron chi connectivity index (χ3n) is 20.3. The minimum atomic E-state index is -4.36. The number of aryl methyl sites for hydroxylation is 6. The Morgan fingerprint density at radius 2 is 0.549 bits per heavy atom. The fourth-order valence-electron chi connectivity index (χ4n) is 13.5. The van der Waals surface area contributed by atoms with Gasteiger partial charge in [0.2, 0.25) is 0 Å². The molecule has 12 aromatic heterocycles. The van der Waals surface area contributed by atoms with E-state index in [2.05, 4.69) is 119 Å². The summed E-state index contributed by atoms with van der Waals surface area (Å²) in [6.45, 7) is -17.5. The Labute approximate surface area is 941 Å². The quantitative estimate of drug-likeness (QED) is 0.0435. The van der Waals surface area contributed by atoms with Crippen molar-refractivity contribution in [3.63, 3.8) is 0 Å². The number of hydrogen-bond donors (Lipinski definition) is 6. The largest absolute Gasteiger partial charge is 0.354 e. The summed E-state index contributed by atoms with van der Waals surface area (Å²) in [6, 6.07) is -18.9. The van der Waals surface area contributed by atoms with E-state index in [4.69, 9.17) is 134 Å². The molecule has 18 heterocycles. The van der Waals surface area contributed by atoms with Crippen LogP contribution >= 0.6 is 0 Å². The number of nitrogens with zero attached hydrogens (tertiary/aromatic N) is 30. The molecule has 6 saturated heterocycles. The summed E-state index contributed by atoms with van der Waals surface area (Å²) in [7, 11) is 3.82. The number of aromatic amines is 6. The van der Waals surface area contributed by atoms with Gasteiger partial charge in [0.1, 0.15) is 115 Å². The van der Waals surface area contributed by atoms with Crippen molar-refractivity contribution in [2.75, 3.05) is 189 Å². The van der Waals surface area contributed by atoms with Crippen LogP contribution in [-0.2, 0) is 28.8 Å². The zero-order valence-corrected chi connectivity index (χ0v) is 77.6. The van der Waals surface area contributed by atoms with Crippen LogP contribution in [0.25, 0.3) is 95.3 Å². The molecule has 0 aromatic carbocycles. The van der Waals surface area contributed by atoms with Gasteiger partial charge in [-0.3, -0.25) is 28.8 Å². The number of fused-ring (bicyclic) bond motifs is 6. The van der Waals surface area contributed by atoms with Crippen molar-refractivity contribution < 1.29 is 127 Å². The molecular weight excluding hydrogens is 1830 g/mol. The van der Waals surface area contributed by atoms with Gasteiger partial charge < -0.3 is 118 Å². The maximum Gasteiger partial charge on any atom is 0.302 e. The molecule has 6 N–H and O–H groups in total. The Bertz CT molecular complexity index is 10600. The zero-order chi connectivity index (χ0) is 167. The number of piperidine rings is 6. The number of aromatic nitrogens is 18. The second-order valence-electron chi connectivity index (χ2n) is 30.5. The minimum absolute atomic E-state index is 0.00858. The van der Waals surface area contributed by atoms with Gasteiger partial charge in [0.05, 0.1) is 97.3 Å². The van der Waals surface area contributed by atoms with Gasteiger partial charge in [-0.15, -0.1) is 0 Å². The Morgan fingerprint density at radius 3 is 0.840 bits per heavy atom. The number of H-pyrrole nitrogens is 6. The van der Waals surface area contributed by atoms with Crippen molar-refractivity contribution >= 4 is 137 Å². The third kappa shape index (κ3) is 24.5. The SMILES string of the molecule is [2H]c1nc(N(C([2H])([2H])[2H])[C@@]2([2H])C([2H])([2H])N(C(=O)C[N+]#[C-])C([2H])([2H])C([2H])([2H])[C@@]2([2H])C([2H])([2H])[2H])c2c([2H])c(C)[nH]c2n1.[2H]c1nc(N(C([2H])([2H])[2H])[C@@]2([2H])C([2H])([2H])N(C(=O)C[N+]#[C-])C([2H])([2H])C([2H])([2H])[C@@]2([2H])C)c2c([2H])c(C)[nH]c2n1.[2H]c1nc(N(C([2H])([2H])[2H])[C@]2([2H])[C@H](C([2H])([2H])[2H])C([2H])([2H])C([2H])([2H])N(C(=O)C[N+]#[C-])C2([2H])[2H])c2c([2H])c(C)[nH]c2n1.[2H]c1nc(N(C)[C@@H]2[C@H](C([2H])([2H])[2H])C([2H])([2H])C([2H])([2H])N(C(=O)C[N+]#[C-])C2([2H])[2H])c2c([2H])c(C)[nH]c2n1.[2H]c1nc(N(C)[C@@H]2[C@H](C)C([2H])([2H])C([2H])([2H])N(C(=O)C[N+]#[C-])C2([2H])[2H])c2c([2H])c(C)[nH]c2n1.[2H]c1nc(N(C)[C@H]2C([2H])([2H])N(C(=O)C[N+]#[C-])C([2H])([2H])C([2H])([2H])[C@@]2([2H])C)c2c([2H])c(C)[nH]c2n1. The van der Waals surface area contributed by atoms with Crippen molar-refractivity contribution in [2.45, 2.75) is 157 Å². The van der Waals surface area contributed by atoms with Gasteiger partial charge in [-0.25, -0.2) is 99.2 Å². The standard InChI is InChI=1S/6C17H22N6O/c6*1-11-5-6-23(15(24)8-18-3)9-14(11)22(4)17-13-7-12(2)21-16(13)19-10-20-17/h6*7,10-11,14H,5-6,8-9H2,1-2,4H3,(H,19,20,21)/t6*11-,14+/m111111/s1/i1D3,4D3,5D2,6D2,7D,9D2,10D,11D,14D;4D3,5D2,6D2,7D,9D2,10D,11D,14D;1D3,4D3,5D2,6D2,7D,9D2,10D,14D;5D2,6D2,7D,9D2,10D,11D;1D3,5D2,6D2,7D,9D2,10D;5D2,6D2,7D,9D2,10D. The molecule has 12 aromatic rings. The van der Waals surface area contributed by atoms with E-state index in [0.29, 0.717) is 24.0 Å². The van der Waals surface area contributed by atoms with Crippen molar-refractivity contribution in [2.24, 2.45) is 35.4 Å². The van der Waals surface area contributed by atoms with Crippen LogP contribution in [0, 0.1) is 116 Å². The van der Waals surface area contributed by atoms with E-state index in [1.165, 1.54) is 53.7 Å². The van der Waals surface area contributed by atoms with Gasteiger partial charge in [0, 0.05) is 216 Å². The average Bonchev–Trinajstić information content (AvgIpc) is 0.698. The van der Waals surface area contributed by atoms with Crippen molar-refractivity contribution in [3.05, 3.63) is 177 Å².